The molecule has 14 heavy (non-hydrogen) atoms. The Bertz CT molecular complexity index is 207. The average molecular weight is 330 g/mol. The van der Waals surface area contributed by atoms with Gasteiger partial charge in [0.05, 0.1) is 0 Å². The van der Waals surface area contributed by atoms with E-state index in [9.17, 15) is 9.59 Å². The van der Waals surface area contributed by atoms with E-state index < -0.39 is 9.65 Å². The summed E-state index contributed by atoms with van der Waals surface area (Å²) in [6.07, 6.45) is 0. The highest BCUT2D eigenvalue weighted by molar-refractivity contribution is 9.12. The number of amides is 2. The molecule has 2 atom stereocenters. The number of carbonyl (C=O) groups excluding carboxylic acids is 2. The third-order valence-corrected chi connectivity index (χ3v) is 4.16. The molecule has 4 nitrogen and oxygen atoms in total. The Hall–Kier alpha value is -0.100. The molecule has 0 spiro atoms. The van der Waals surface area contributed by atoms with E-state index in [0.29, 0.717) is 0 Å². The van der Waals surface area contributed by atoms with Crippen molar-refractivity contribution in [1.82, 2.24) is 9.80 Å². The van der Waals surface area contributed by atoms with Crippen molar-refractivity contribution in [2.24, 2.45) is 0 Å². The normalized spacial score (nSPS) is 14.4. The number of carbonyl (C=O) groups is 2. The second-order valence-electron chi connectivity index (χ2n) is 3.27. The topological polar surface area (TPSA) is 40.6 Å². The zero-order valence-electron chi connectivity index (χ0n) is 8.62. The molecule has 0 unspecified atom stereocenters. The minimum absolute atomic E-state index is 0.137. The van der Waals surface area contributed by atoms with E-state index in [1.807, 2.05) is 0 Å². The van der Waals surface area contributed by atoms with E-state index in [1.54, 1.807) is 28.2 Å². The molecule has 0 rings (SSSR count). The minimum atomic E-state index is -0.535. The van der Waals surface area contributed by atoms with Gasteiger partial charge in [-0.2, -0.15) is 0 Å². The summed E-state index contributed by atoms with van der Waals surface area (Å²) in [5, 5.41) is 0. The van der Waals surface area contributed by atoms with Gasteiger partial charge in [0, 0.05) is 28.2 Å². The van der Waals surface area contributed by atoms with Gasteiger partial charge in [-0.3, -0.25) is 9.59 Å². The lowest BCUT2D eigenvalue weighted by atomic mass is 10.2. The summed E-state index contributed by atoms with van der Waals surface area (Å²) < 4.78 is 0. The maximum Gasteiger partial charge on any atom is 0.237 e. The van der Waals surface area contributed by atoms with Crippen LogP contribution in [0.25, 0.3) is 0 Å². The van der Waals surface area contributed by atoms with Crippen LogP contribution in [0.15, 0.2) is 0 Å². The van der Waals surface area contributed by atoms with Crippen LogP contribution in [0.2, 0.25) is 0 Å². The molecule has 0 saturated heterocycles. The molecular formula is C8H14Br2N2O2. The molecule has 0 aromatic carbocycles. The summed E-state index contributed by atoms with van der Waals surface area (Å²) in [6.45, 7) is 0. The van der Waals surface area contributed by atoms with E-state index in [1.165, 1.54) is 9.80 Å². The summed E-state index contributed by atoms with van der Waals surface area (Å²) in [6, 6.07) is 0. The highest BCUT2D eigenvalue weighted by Crippen LogP contribution is 2.17. The van der Waals surface area contributed by atoms with Gasteiger partial charge in [0.1, 0.15) is 9.65 Å². The number of hydrogen-bond donors (Lipinski definition) is 0. The van der Waals surface area contributed by atoms with Crippen LogP contribution in [0, 0.1) is 0 Å². The molecule has 0 saturated carbocycles. The minimum Gasteiger partial charge on any atom is -0.348 e. The first kappa shape index (κ1) is 13.9. The third kappa shape index (κ3) is 3.57. The van der Waals surface area contributed by atoms with Crippen LogP contribution in [0.1, 0.15) is 0 Å². The van der Waals surface area contributed by atoms with E-state index in [4.69, 9.17) is 0 Å². The van der Waals surface area contributed by atoms with Gasteiger partial charge < -0.3 is 9.80 Å². The van der Waals surface area contributed by atoms with E-state index >= 15 is 0 Å². The van der Waals surface area contributed by atoms with Crippen LogP contribution in [0.4, 0.5) is 0 Å². The van der Waals surface area contributed by atoms with Crippen molar-refractivity contribution in [3.05, 3.63) is 0 Å². The van der Waals surface area contributed by atoms with Crippen LogP contribution >= 0.6 is 31.9 Å². The van der Waals surface area contributed by atoms with Crippen molar-refractivity contribution in [3.63, 3.8) is 0 Å². The second kappa shape index (κ2) is 5.70. The standard InChI is InChI=1S/C8H14Br2N2O2/c1-11(2)7(13)5(9)6(10)8(14)12(3)4/h5-6H,1-4H3/t5-,6-/m0/s1. The van der Waals surface area contributed by atoms with E-state index in [0.717, 1.165) is 0 Å². The summed E-state index contributed by atoms with van der Waals surface area (Å²) in [4.78, 5) is 24.8. The smallest absolute Gasteiger partial charge is 0.237 e. The Morgan fingerprint density at radius 1 is 0.857 bits per heavy atom. The molecular weight excluding hydrogens is 316 g/mol. The SMILES string of the molecule is CN(C)C(=O)[C@@H](Br)[C@H](Br)C(=O)N(C)C. The Labute approximate surface area is 101 Å². The largest absolute Gasteiger partial charge is 0.348 e. The highest BCUT2D eigenvalue weighted by Gasteiger charge is 2.31. The predicted octanol–water partition coefficient (Wildman–Crippen LogP) is 0.690. The van der Waals surface area contributed by atoms with Crippen molar-refractivity contribution < 1.29 is 9.59 Å². The van der Waals surface area contributed by atoms with E-state index in [2.05, 4.69) is 31.9 Å². The molecule has 0 aromatic rings. The number of halogens is 2. The van der Waals surface area contributed by atoms with Crippen LogP contribution in [-0.4, -0.2) is 59.5 Å². The molecule has 0 aliphatic carbocycles. The van der Waals surface area contributed by atoms with E-state index in [-0.39, 0.29) is 11.8 Å². The first-order chi connectivity index (χ1) is 6.29. The monoisotopic (exact) mass is 328 g/mol. The van der Waals surface area contributed by atoms with Crippen molar-refractivity contribution in [2.75, 3.05) is 28.2 Å². The second-order valence-corrected chi connectivity index (χ2v) is 5.24. The molecule has 82 valence electrons. The molecule has 6 heteroatoms. The van der Waals surface area contributed by atoms with Gasteiger partial charge in [-0.15, -0.1) is 0 Å². The molecule has 0 N–H and O–H groups in total. The van der Waals surface area contributed by atoms with Gasteiger partial charge in [0.15, 0.2) is 0 Å². The molecule has 0 aliphatic rings. The number of hydrogen-bond acceptors (Lipinski definition) is 2. The lowest BCUT2D eigenvalue weighted by Crippen LogP contribution is -2.42. The zero-order chi connectivity index (χ0) is 11.5. The Morgan fingerprint density at radius 2 is 1.07 bits per heavy atom. The highest BCUT2D eigenvalue weighted by atomic mass is 79.9. The number of nitrogens with zero attached hydrogens (tertiary/aromatic N) is 2. The Balaban J connectivity index is 4.46. The summed E-state index contributed by atoms with van der Waals surface area (Å²) in [5.41, 5.74) is 0. The van der Waals surface area contributed by atoms with Crippen molar-refractivity contribution in [2.45, 2.75) is 9.65 Å². The van der Waals surface area contributed by atoms with Gasteiger partial charge in [0.2, 0.25) is 11.8 Å². The molecule has 0 heterocycles. The molecule has 0 aromatic heterocycles. The van der Waals surface area contributed by atoms with Crippen LogP contribution in [-0.2, 0) is 9.59 Å². The van der Waals surface area contributed by atoms with Crippen molar-refractivity contribution >= 4 is 43.7 Å². The maximum absolute atomic E-state index is 11.5. The molecule has 0 radical (unpaired) electrons. The van der Waals surface area contributed by atoms with Gasteiger partial charge in [-0.1, -0.05) is 31.9 Å². The van der Waals surface area contributed by atoms with Crippen LogP contribution in [0.5, 0.6) is 0 Å². The molecule has 0 bridgehead atoms. The van der Waals surface area contributed by atoms with Gasteiger partial charge in [-0.25, -0.2) is 0 Å². The zero-order valence-corrected chi connectivity index (χ0v) is 11.8. The fraction of sp³-hybridized carbons (Fsp3) is 0.750. The first-order valence-corrected chi connectivity index (χ1v) is 5.82. The lowest BCUT2D eigenvalue weighted by Gasteiger charge is -2.21. The molecule has 2 amide bonds. The third-order valence-electron chi connectivity index (χ3n) is 1.61. The Morgan fingerprint density at radius 3 is 1.21 bits per heavy atom. The fourth-order valence-corrected chi connectivity index (χ4v) is 2.01. The van der Waals surface area contributed by atoms with Crippen molar-refractivity contribution in [3.8, 4) is 0 Å². The van der Waals surface area contributed by atoms with Gasteiger partial charge in [0.25, 0.3) is 0 Å². The summed E-state index contributed by atoms with van der Waals surface area (Å²) in [7, 11) is 6.60. The van der Waals surface area contributed by atoms with Gasteiger partial charge in [-0.05, 0) is 0 Å². The van der Waals surface area contributed by atoms with Gasteiger partial charge >= 0.3 is 0 Å². The average Bonchev–Trinajstić information content (AvgIpc) is 2.12. The Kier molecular flexibility index (Phi) is 5.66. The fourth-order valence-electron chi connectivity index (χ4n) is 0.744. The van der Waals surface area contributed by atoms with Crippen molar-refractivity contribution in [1.29, 1.82) is 0 Å². The summed E-state index contributed by atoms with van der Waals surface area (Å²) >= 11 is 6.39. The summed E-state index contributed by atoms with van der Waals surface area (Å²) in [5.74, 6) is -0.274. The maximum atomic E-state index is 11.5. The molecule has 0 fully saturated rings. The van der Waals surface area contributed by atoms with Crippen LogP contribution in [0.3, 0.4) is 0 Å². The van der Waals surface area contributed by atoms with Crippen LogP contribution < -0.4 is 0 Å². The lowest BCUT2D eigenvalue weighted by molar-refractivity contribution is -0.133. The predicted molar refractivity (Wildman–Crippen MR) is 62.8 cm³/mol. The quantitative estimate of drug-likeness (QED) is 0.715. The first-order valence-electron chi connectivity index (χ1n) is 3.99. The molecule has 0 aliphatic heterocycles. The number of alkyl halides is 2. The number of rotatable bonds is 3.